The summed E-state index contributed by atoms with van der Waals surface area (Å²) in [6.07, 6.45) is 0.638. The first-order chi connectivity index (χ1) is 10.4. The van der Waals surface area contributed by atoms with Gasteiger partial charge in [0.05, 0.1) is 23.0 Å². The molecule has 1 aromatic heterocycles. The van der Waals surface area contributed by atoms with E-state index in [0.717, 1.165) is 0 Å². The molecule has 2 rings (SSSR count). The van der Waals surface area contributed by atoms with E-state index in [-0.39, 0.29) is 23.1 Å². The fourth-order valence-electron chi connectivity index (χ4n) is 2.11. The summed E-state index contributed by atoms with van der Waals surface area (Å²) in [5.74, 6) is -0.564. The van der Waals surface area contributed by atoms with Crippen LogP contribution in [0.5, 0.6) is 0 Å². The molecule has 0 aliphatic rings. The molecule has 0 spiro atoms. The van der Waals surface area contributed by atoms with Crippen molar-refractivity contribution in [2.24, 2.45) is 5.92 Å². The molecule has 1 aromatic carbocycles. The van der Waals surface area contributed by atoms with Crippen molar-refractivity contribution >= 4 is 17.6 Å². The second-order valence-corrected chi connectivity index (χ2v) is 5.69. The number of ether oxygens (including phenoxy) is 1. The number of nitrogens with zero attached hydrogens (tertiary/aromatic N) is 2. The number of halogens is 2. The van der Waals surface area contributed by atoms with E-state index in [9.17, 15) is 9.18 Å². The van der Waals surface area contributed by atoms with Crippen LogP contribution in [0.3, 0.4) is 0 Å². The van der Waals surface area contributed by atoms with Crippen LogP contribution in [0.4, 0.5) is 4.39 Å². The summed E-state index contributed by atoms with van der Waals surface area (Å²) in [5, 5.41) is 4.70. The van der Waals surface area contributed by atoms with Crippen LogP contribution in [0, 0.1) is 11.7 Å². The first-order valence-electron chi connectivity index (χ1n) is 7.14. The number of carbonyl (C=O) groups is 1. The van der Waals surface area contributed by atoms with Crippen molar-refractivity contribution in [1.29, 1.82) is 0 Å². The summed E-state index contributed by atoms with van der Waals surface area (Å²) in [7, 11) is 0. The maximum absolute atomic E-state index is 13.1. The molecule has 0 fully saturated rings. The Bertz CT molecular complexity index is 666. The molecule has 0 saturated carbocycles. The van der Waals surface area contributed by atoms with Crippen molar-refractivity contribution < 1.29 is 13.9 Å². The fourth-order valence-corrected chi connectivity index (χ4v) is 2.38. The van der Waals surface area contributed by atoms with Gasteiger partial charge < -0.3 is 4.74 Å². The molecule has 0 saturated heterocycles. The second-order valence-electron chi connectivity index (χ2n) is 5.32. The number of benzene rings is 1. The number of hydrogen-bond donors (Lipinski definition) is 0. The van der Waals surface area contributed by atoms with E-state index in [0.29, 0.717) is 23.7 Å². The average molecular weight is 325 g/mol. The third-order valence-corrected chi connectivity index (χ3v) is 3.43. The predicted molar refractivity (Wildman–Crippen MR) is 83.0 cm³/mol. The van der Waals surface area contributed by atoms with Crippen molar-refractivity contribution in [1.82, 2.24) is 9.78 Å². The van der Waals surface area contributed by atoms with Crippen LogP contribution in [-0.4, -0.2) is 22.4 Å². The van der Waals surface area contributed by atoms with Gasteiger partial charge in [0.25, 0.3) is 0 Å². The summed E-state index contributed by atoms with van der Waals surface area (Å²) in [4.78, 5) is 12.2. The number of hydrogen-bond acceptors (Lipinski definition) is 3. The van der Waals surface area contributed by atoms with Gasteiger partial charge in [-0.05, 0) is 43.5 Å². The Labute approximate surface area is 133 Å². The number of rotatable bonds is 5. The normalized spacial score (nSPS) is 11.0. The molecular formula is C16H18ClFN2O2. The lowest BCUT2D eigenvalue weighted by molar-refractivity contribution is 0.0516. The lowest BCUT2D eigenvalue weighted by Gasteiger charge is -2.07. The lowest BCUT2D eigenvalue weighted by Crippen LogP contribution is -2.12. The summed E-state index contributed by atoms with van der Waals surface area (Å²) in [6.45, 7) is 6.04. The Kier molecular flexibility index (Phi) is 5.19. The molecule has 0 aliphatic heterocycles. The van der Waals surface area contributed by atoms with Gasteiger partial charge in [-0.1, -0.05) is 25.4 Å². The summed E-state index contributed by atoms with van der Waals surface area (Å²) < 4.78 is 19.6. The van der Waals surface area contributed by atoms with Gasteiger partial charge in [-0.3, -0.25) is 0 Å². The van der Waals surface area contributed by atoms with Crippen LogP contribution in [0.25, 0.3) is 5.69 Å². The average Bonchev–Trinajstić information content (AvgIpc) is 2.76. The van der Waals surface area contributed by atoms with Crippen LogP contribution in [0.15, 0.2) is 24.3 Å². The summed E-state index contributed by atoms with van der Waals surface area (Å²) in [6, 6.07) is 5.70. The minimum atomic E-state index is -0.542. The quantitative estimate of drug-likeness (QED) is 0.780. The monoisotopic (exact) mass is 324 g/mol. The number of carbonyl (C=O) groups excluding carboxylic acids is 1. The molecule has 0 bridgehead atoms. The van der Waals surface area contributed by atoms with Crippen LogP contribution < -0.4 is 0 Å². The Morgan fingerprint density at radius 1 is 1.36 bits per heavy atom. The van der Waals surface area contributed by atoms with Gasteiger partial charge in [-0.2, -0.15) is 5.10 Å². The predicted octanol–water partition coefficient (Wildman–Crippen LogP) is 4.04. The van der Waals surface area contributed by atoms with E-state index >= 15 is 0 Å². The molecule has 118 valence electrons. The minimum Gasteiger partial charge on any atom is -0.461 e. The maximum atomic E-state index is 13.1. The summed E-state index contributed by atoms with van der Waals surface area (Å²) in [5.41, 5.74) is 1.36. The number of esters is 1. The molecule has 1 heterocycles. The second kappa shape index (κ2) is 6.92. The standard InChI is InChI=1S/C16H18ClFN2O2/c1-4-22-16(21)15-14(17)13(9-10(2)3)19-20(15)12-7-5-11(18)6-8-12/h5-8,10H,4,9H2,1-3H3. The Hall–Kier alpha value is -1.88. The minimum absolute atomic E-state index is 0.172. The fraction of sp³-hybridized carbons (Fsp3) is 0.375. The zero-order valence-corrected chi connectivity index (χ0v) is 13.5. The van der Waals surface area contributed by atoms with Crippen molar-refractivity contribution in [3.8, 4) is 5.69 Å². The topological polar surface area (TPSA) is 44.1 Å². The van der Waals surface area contributed by atoms with Gasteiger partial charge >= 0.3 is 5.97 Å². The molecule has 2 aromatic rings. The Morgan fingerprint density at radius 2 is 2.00 bits per heavy atom. The molecule has 22 heavy (non-hydrogen) atoms. The highest BCUT2D eigenvalue weighted by Gasteiger charge is 2.24. The molecule has 0 unspecified atom stereocenters. The first-order valence-corrected chi connectivity index (χ1v) is 7.52. The van der Waals surface area contributed by atoms with Gasteiger partial charge in [0.1, 0.15) is 5.82 Å². The molecule has 0 amide bonds. The largest absolute Gasteiger partial charge is 0.461 e. The van der Waals surface area contributed by atoms with E-state index < -0.39 is 5.97 Å². The van der Waals surface area contributed by atoms with Crippen LogP contribution in [0.1, 0.15) is 37.0 Å². The number of aromatic nitrogens is 2. The van der Waals surface area contributed by atoms with Gasteiger partial charge in [0.15, 0.2) is 5.69 Å². The van der Waals surface area contributed by atoms with Crippen molar-refractivity contribution in [2.45, 2.75) is 27.2 Å². The van der Waals surface area contributed by atoms with Crippen molar-refractivity contribution in [3.63, 3.8) is 0 Å². The van der Waals surface area contributed by atoms with E-state index in [2.05, 4.69) is 5.10 Å². The highest BCUT2D eigenvalue weighted by atomic mass is 35.5. The van der Waals surface area contributed by atoms with Gasteiger partial charge in [0.2, 0.25) is 0 Å². The van der Waals surface area contributed by atoms with E-state index in [1.165, 1.54) is 16.8 Å². The van der Waals surface area contributed by atoms with Crippen molar-refractivity contribution in [3.05, 3.63) is 46.5 Å². The van der Waals surface area contributed by atoms with Crippen LogP contribution in [0.2, 0.25) is 5.02 Å². The highest BCUT2D eigenvalue weighted by Crippen LogP contribution is 2.26. The molecule has 0 atom stereocenters. The third-order valence-electron chi connectivity index (χ3n) is 3.04. The van der Waals surface area contributed by atoms with Crippen LogP contribution >= 0.6 is 11.6 Å². The van der Waals surface area contributed by atoms with E-state index in [1.807, 2.05) is 13.8 Å². The molecule has 0 radical (unpaired) electrons. The van der Waals surface area contributed by atoms with Gasteiger partial charge in [-0.15, -0.1) is 0 Å². The lowest BCUT2D eigenvalue weighted by atomic mass is 10.1. The molecule has 4 nitrogen and oxygen atoms in total. The Morgan fingerprint density at radius 3 is 2.55 bits per heavy atom. The highest BCUT2D eigenvalue weighted by molar-refractivity contribution is 6.34. The van der Waals surface area contributed by atoms with E-state index in [4.69, 9.17) is 16.3 Å². The Balaban J connectivity index is 2.54. The molecule has 6 heteroatoms. The van der Waals surface area contributed by atoms with Crippen molar-refractivity contribution in [2.75, 3.05) is 6.61 Å². The zero-order chi connectivity index (χ0) is 16.3. The van der Waals surface area contributed by atoms with Crippen LogP contribution in [-0.2, 0) is 11.2 Å². The first kappa shape index (κ1) is 16.5. The van der Waals surface area contributed by atoms with E-state index in [1.54, 1.807) is 19.1 Å². The van der Waals surface area contributed by atoms with Gasteiger partial charge in [-0.25, -0.2) is 13.9 Å². The summed E-state index contributed by atoms with van der Waals surface area (Å²) >= 11 is 6.33. The molecular weight excluding hydrogens is 307 g/mol. The maximum Gasteiger partial charge on any atom is 0.358 e. The zero-order valence-electron chi connectivity index (χ0n) is 12.8. The third kappa shape index (κ3) is 3.47. The SMILES string of the molecule is CCOC(=O)c1c(Cl)c(CC(C)C)nn1-c1ccc(F)cc1. The van der Waals surface area contributed by atoms with Gasteiger partial charge in [0, 0.05) is 0 Å². The molecule has 0 aliphatic carbocycles. The molecule has 0 N–H and O–H groups in total. The smallest absolute Gasteiger partial charge is 0.358 e.